The molecule has 0 aliphatic carbocycles. The maximum atomic E-state index is 14.0. The molecule has 1 saturated heterocycles. The van der Waals surface area contributed by atoms with Crippen molar-refractivity contribution in [2.75, 3.05) is 0 Å². The van der Waals surface area contributed by atoms with Gasteiger partial charge in [-0.25, -0.2) is 9.18 Å². The van der Waals surface area contributed by atoms with Gasteiger partial charge in [0.1, 0.15) is 11.4 Å². The Labute approximate surface area is 158 Å². The molecule has 1 aliphatic rings. The van der Waals surface area contributed by atoms with Gasteiger partial charge in [0, 0.05) is 10.5 Å². The highest BCUT2D eigenvalue weighted by molar-refractivity contribution is 7.98. The van der Waals surface area contributed by atoms with Crippen molar-refractivity contribution < 1.29 is 23.3 Å². The Morgan fingerprint density at radius 2 is 2.11 bits per heavy atom. The second-order valence-electron chi connectivity index (χ2n) is 6.50. The van der Waals surface area contributed by atoms with Gasteiger partial charge in [-0.1, -0.05) is 11.2 Å². The monoisotopic (exact) mass is 392 g/mol. The van der Waals surface area contributed by atoms with Gasteiger partial charge in [0.25, 0.3) is 5.91 Å². The third-order valence-electron chi connectivity index (χ3n) is 4.20. The topological polar surface area (TPSA) is 105 Å². The van der Waals surface area contributed by atoms with E-state index in [4.69, 9.17) is 4.52 Å². The van der Waals surface area contributed by atoms with E-state index < -0.39 is 23.3 Å². The third kappa shape index (κ3) is 3.85. The first-order chi connectivity index (χ1) is 12.7. The first kappa shape index (κ1) is 19.0. The Balaban J connectivity index is 1.64. The number of aromatic nitrogens is 2. The number of nitrogens with zero attached hydrogens (tertiary/aromatic N) is 3. The van der Waals surface area contributed by atoms with Crippen LogP contribution < -0.4 is 5.32 Å². The smallest absolute Gasteiger partial charge is 0.325 e. The van der Waals surface area contributed by atoms with Gasteiger partial charge in [0.2, 0.25) is 5.89 Å². The first-order valence-electron chi connectivity index (χ1n) is 8.06. The van der Waals surface area contributed by atoms with E-state index in [-0.39, 0.29) is 29.8 Å². The van der Waals surface area contributed by atoms with Crippen LogP contribution in [-0.4, -0.2) is 38.3 Å². The molecule has 1 aliphatic heterocycles. The summed E-state index contributed by atoms with van der Waals surface area (Å²) >= 11 is 1.15. The van der Waals surface area contributed by atoms with Gasteiger partial charge >= 0.3 is 6.03 Å². The van der Waals surface area contributed by atoms with Gasteiger partial charge in [-0.15, -0.1) is 11.8 Å². The van der Waals surface area contributed by atoms with Gasteiger partial charge in [-0.2, -0.15) is 4.98 Å². The number of carbonyl (C=O) groups excluding carboxylic acids is 3. The van der Waals surface area contributed by atoms with Crippen molar-refractivity contribution in [1.29, 1.82) is 0 Å². The lowest BCUT2D eigenvalue weighted by atomic mass is 10.0. The van der Waals surface area contributed by atoms with Gasteiger partial charge in [0.15, 0.2) is 11.6 Å². The van der Waals surface area contributed by atoms with Crippen LogP contribution in [-0.2, 0) is 17.1 Å². The fourth-order valence-corrected chi connectivity index (χ4v) is 3.25. The Hall–Kier alpha value is -2.75. The Bertz CT molecular complexity index is 927. The van der Waals surface area contributed by atoms with E-state index in [9.17, 15) is 18.8 Å². The molecule has 2 aromatic rings. The van der Waals surface area contributed by atoms with E-state index in [0.717, 1.165) is 11.8 Å². The largest absolute Gasteiger partial charge is 0.338 e. The second-order valence-corrected chi connectivity index (χ2v) is 7.52. The molecule has 0 spiro atoms. The predicted octanol–water partition coefficient (Wildman–Crippen LogP) is 2.53. The predicted molar refractivity (Wildman–Crippen MR) is 93.4 cm³/mol. The minimum Gasteiger partial charge on any atom is -0.338 e. The van der Waals surface area contributed by atoms with Crippen LogP contribution in [0.2, 0.25) is 0 Å². The zero-order valence-corrected chi connectivity index (χ0v) is 15.7. The van der Waals surface area contributed by atoms with Crippen molar-refractivity contribution in [2.24, 2.45) is 0 Å². The number of carbonyl (C=O) groups is 3. The second kappa shape index (κ2) is 7.10. The summed E-state index contributed by atoms with van der Waals surface area (Å²) in [5, 5.41) is 6.05. The van der Waals surface area contributed by atoms with E-state index in [1.807, 2.05) is 0 Å². The van der Waals surface area contributed by atoms with Crippen molar-refractivity contribution in [3.63, 3.8) is 0 Å². The van der Waals surface area contributed by atoms with E-state index in [1.165, 1.54) is 24.0 Å². The zero-order chi connectivity index (χ0) is 19.8. The molecule has 1 N–H and O–H groups in total. The van der Waals surface area contributed by atoms with Gasteiger partial charge < -0.3 is 9.42 Å². The number of benzene rings is 1. The van der Waals surface area contributed by atoms with Crippen molar-refractivity contribution in [3.05, 3.63) is 41.3 Å². The summed E-state index contributed by atoms with van der Waals surface area (Å²) in [7, 11) is 0. The highest BCUT2D eigenvalue weighted by Gasteiger charge is 2.45. The molecular formula is C17H17FN4O4S. The van der Waals surface area contributed by atoms with Gasteiger partial charge in [0.05, 0.1) is 12.3 Å². The fourth-order valence-electron chi connectivity index (χ4n) is 2.49. The van der Waals surface area contributed by atoms with Crippen molar-refractivity contribution in [3.8, 4) is 0 Å². The van der Waals surface area contributed by atoms with Crippen molar-refractivity contribution in [2.45, 2.75) is 43.5 Å². The van der Waals surface area contributed by atoms with E-state index >= 15 is 0 Å². The van der Waals surface area contributed by atoms with Crippen LogP contribution in [0.25, 0.3) is 0 Å². The molecule has 0 unspecified atom stereocenters. The van der Waals surface area contributed by atoms with E-state index in [1.54, 1.807) is 19.9 Å². The highest BCUT2D eigenvalue weighted by Crippen LogP contribution is 2.27. The number of imide groups is 1. The van der Waals surface area contributed by atoms with Crippen LogP contribution >= 0.6 is 11.8 Å². The third-order valence-corrected chi connectivity index (χ3v) is 5.23. The standard InChI is InChI=1S/C17H17FN4O4S/c1-9(23)10-4-5-12(11(18)6-10)27-8-14-19-13(21-26-14)7-22-16(25)20-15(24)17(22,2)3/h4-6H,7-8H2,1-3H3,(H,20,24,25). The molecule has 3 rings (SSSR count). The van der Waals surface area contributed by atoms with Crippen LogP contribution in [0.1, 0.15) is 42.8 Å². The summed E-state index contributed by atoms with van der Waals surface area (Å²) in [5.74, 6) is -0.376. The van der Waals surface area contributed by atoms with Crippen LogP contribution in [0.5, 0.6) is 0 Å². The van der Waals surface area contributed by atoms with Crippen LogP contribution in [0, 0.1) is 5.82 Å². The summed E-state index contributed by atoms with van der Waals surface area (Å²) in [4.78, 5) is 40.8. The molecular weight excluding hydrogens is 375 g/mol. The summed E-state index contributed by atoms with van der Waals surface area (Å²) in [5.41, 5.74) is -0.702. The Morgan fingerprint density at radius 1 is 1.37 bits per heavy atom. The summed E-state index contributed by atoms with van der Waals surface area (Å²) in [6, 6.07) is 3.75. The minimum absolute atomic E-state index is 0.0143. The number of amides is 3. The zero-order valence-electron chi connectivity index (χ0n) is 14.9. The number of Topliss-reactive ketones (excluding diaryl/α,β-unsaturated/α-hetero) is 1. The van der Waals surface area contributed by atoms with E-state index in [0.29, 0.717) is 10.5 Å². The van der Waals surface area contributed by atoms with E-state index in [2.05, 4.69) is 15.5 Å². The lowest BCUT2D eigenvalue weighted by Gasteiger charge is -2.26. The van der Waals surface area contributed by atoms with Crippen LogP contribution in [0.15, 0.2) is 27.6 Å². The minimum atomic E-state index is -1.01. The van der Waals surface area contributed by atoms with Gasteiger partial charge in [-0.05, 0) is 32.9 Å². The molecule has 0 bridgehead atoms. The summed E-state index contributed by atoms with van der Waals surface area (Å²) in [6.45, 7) is 4.63. The molecule has 142 valence electrons. The average molecular weight is 392 g/mol. The molecule has 1 fully saturated rings. The molecule has 0 saturated carbocycles. The number of thioether (sulfide) groups is 1. The Morgan fingerprint density at radius 3 is 2.70 bits per heavy atom. The summed E-state index contributed by atoms with van der Waals surface area (Å²) in [6.07, 6.45) is 0. The molecule has 27 heavy (non-hydrogen) atoms. The lowest BCUT2D eigenvalue weighted by molar-refractivity contribution is -0.125. The normalized spacial score (nSPS) is 15.9. The summed E-state index contributed by atoms with van der Waals surface area (Å²) < 4.78 is 19.2. The maximum Gasteiger partial charge on any atom is 0.325 e. The molecule has 8 nitrogen and oxygen atoms in total. The quantitative estimate of drug-likeness (QED) is 0.457. The Kier molecular flexibility index (Phi) is 5.01. The number of halogens is 1. The molecule has 1 aromatic carbocycles. The number of hydrogen-bond acceptors (Lipinski definition) is 7. The van der Waals surface area contributed by atoms with Crippen molar-refractivity contribution >= 4 is 29.5 Å². The molecule has 1 aromatic heterocycles. The molecule has 2 heterocycles. The lowest BCUT2D eigenvalue weighted by Crippen LogP contribution is -2.43. The number of ketones is 1. The van der Waals surface area contributed by atoms with Crippen molar-refractivity contribution in [1.82, 2.24) is 20.4 Å². The number of nitrogens with one attached hydrogen (secondary N) is 1. The first-order valence-corrected chi connectivity index (χ1v) is 9.05. The molecule has 0 radical (unpaired) electrons. The fraction of sp³-hybridized carbons (Fsp3) is 0.353. The van der Waals surface area contributed by atoms with Crippen LogP contribution in [0.4, 0.5) is 9.18 Å². The SMILES string of the molecule is CC(=O)c1ccc(SCc2nc(CN3C(=O)NC(=O)C3(C)C)no2)c(F)c1. The average Bonchev–Trinajstić information content (AvgIpc) is 3.12. The number of rotatable bonds is 6. The molecule has 10 heteroatoms. The number of urea groups is 1. The number of hydrogen-bond donors (Lipinski definition) is 1. The van der Waals surface area contributed by atoms with Crippen LogP contribution in [0.3, 0.4) is 0 Å². The highest BCUT2D eigenvalue weighted by atomic mass is 32.2. The molecule has 3 amide bonds. The maximum absolute atomic E-state index is 14.0. The van der Waals surface area contributed by atoms with Gasteiger partial charge in [-0.3, -0.25) is 14.9 Å². The molecule has 0 atom stereocenters.